The van der Waals surface area contributed by atoms with Gasteiger partial charge in [-0.1, -0.05) is 35.9 Å². The zero-order valence-electron chi connectivity index (χ0n) is 11.1. The Balaban J connectivity index is 1.78. The number of nitrogens with one attached hydrogen (secondary N) is 2. The van der Waals surface area contributed by atoms with E-state index >= 15 is 0 Å². The van der Waals surface area contributed by atoms with Crippen molar-refractivity contribution in [2.24, 2.45) is 0 Å². The molecule has 0 aromatic heterocycles. The van der Waals surface area contributed by atoms with E-state index in [-0.39, 0.29) is 11.8 Å². The quantitative estimate of drug-likeness (QED) is 0.882. The van der Waals surface area contributed by atoms with E-state index < -0.39 is 0 Å². The Kier molecular flexibility index (Phi) is 5.35. The van der Waals surface area contributed by atoms with Gasteiger partial charge in [-0.05, 0) is 41.5 Å². The summed E-state index contributed by atoms with van der Waals surface area (Å²) in [6, 6.07) is 12.9. The summed E-state index contributed by atoms with van der Waals surface area (Å²) in [4.78, 5) is 11.6. The Hall–Kier alpha value is -2.33. The highest BCUT2D eigenvalue weighted by Crippen LogP contribution is 2.10. The second-order valence-corrected chi connectivity index (χ2v) is 4.78. The SMILES string of the molecule is O=C(N/C=C/c1ccc(F)cc1)NCc1cccc(Cl)c1. The number of carbonyl (C=O) groups excluding carboxylic acids is 1. The predicted octanol–water partition coefficient (Wildman–Crippen LogP) is 3.95. The molecule has 0 bridgehead atoms. The first-order valence-electron chi connectivity index (χ1n) is 6.34. The highest BCUT2D eigenvalue weighted by molar-refractivity contribution is 6.30. The average Bonchev–Trinajstić information content (AvgIpc) is 2.47. The fraction of sp³-hybridized carbons (Fsp3) is 0.0625. The van der Waals surface area contributed by atoms with Crippen LogP contribution in [0, 0.1) is 5.82 Å². The van der Waals surface area contributed by atoms with Crippen LogP contribution in [0.4, 0.5) is 9.18 Å². The maximum absolute atomic E-state index is 12.7. The third kappa shape index (κ3) is 5.28. The van der Waals surface area contributed by atoms with E-state index in [1.807, 2.05) is 12.1 Å². The first-order chi connectivity index (χ1) is 10.1. The molecule has 0 aliphatic rings. The van der Waals surface area contributed by atoms with Crippen LogP contribution in [-0.4, -0.2) is 6.03 Å². The van der Waals surface area contributed by atoms with Crippen molar-refractivity contribution in [1.82, 2.24) is 10.6 Å². The van der Waals surface area contributed by atoms with Gasteiger partial charge in [0, 0.05) is 17.8 Å². The number of hydrogen-bond donors (Lipinski definition) is 2. The van der Waals surface area contributed by atoms with Crippen molar-refractivity contribution in [1.29, 1.82) is 0 Å². The maximum Gasteiger partial charge on any atom is 0.319 e. The number of hydrogen-bond acceptors (Lipinski definition) is 1. The average molecular weight is 305 g/mol. The molecule has 0 aliphatic heterocycles. The Morgan fingerprint density at radius 3 is 2.67 bits per heavy atom. The molecule has 2 rings (SSSR count). The van der Waals surface area contributed by atoms with Crippen molar-refractivity contribution >= 4 is 23.7 Å². The van der Waals surface area contributed by atoms with Gasteiger partial charge in [0.1, 0.15) is 5.82 Å². The summed E-state index contributed by atoms with van der Waals surface area (Å²) < 4.78 is 12.7. The van der Waals surface area contributed by atoms with Crippen molar-refractivity contribution in [3.8, 4) is 0 Å². The number of amides is 2. The molecule has 108 valence electrons. The van der Waals surface area contributed by atoms with Crippen LogP contribution in [0.15, 0.2) is 54.7 Å². The van der Waals surface area contributed by atoms with Crippen LogP contribution in [0.1, 0.15) is 11.1 Å². The van der Waals surface area contributed by atoms with Gasteiger partial charge in [0.05, 0.1) is 0 Å². The van der Waals surface area contributed by atoms with Crippen molar-refractivity contribution < 1.29 is 9.18 Å². The van der Waals surface area contributed by atoms with Gasteiger partial charge in [-0.15, -0.1) is 0 Å². The lowest BCUT2D eigenvalue weighted by Gasteiger charge is -2.05. The van der Waals surface area contributed by atoms with Crippen LogP contribution in [0.3, 0.4) is 0 Å². The molecule has 0 fully saturated rings. The topological polar surface area (TPSA) is 41.1 Å². The molecule has 2 aromatic carbocycles. The molecule has 21 heavy (non-hydrogen) atoms. The Morgan fingerprint density at radius 1 is 1.19 bits per heavy atom. The molecular weight excluding hydrogens is 291 g/mol. The van der Waals surface area contributed by atoms with Gasteiger partial charge in [-0.25, -0.2) is 9.18 Å². The van der Waals surface area contributed by atoms with Crippen LogP contribution >= 0.6 is 11.6 Å². The van der Waals surface area contributed by atoms with Crippen molar-refractivity contribution in [3.63, 3.8) is 0 Å². The van der Waals surface area contributed by atoms with E-state index in [1.165, 1.54) is 18.3 Å². The molecule has 2 N–H and O–H groups in total. The smallest absolute Gasteiger partial charge is 0.319 e. The minimum Gasteiger partial charge on any atom is -0.334 e. The largest absolute Gasteiger partial charge is 0.334 e. The lowest BCUT2D eigenvalue weighted by molar-refractivity contribution is 0.244. The fourth-order valence-corrected chi connectivity index (χ4v) is 1.88. The second kappa shape index (κ2) is 7.45. The van der Waals surface area contributed by atoms with Gasteiger partial charge in [0.25, 0.3) is 0 Å². The molecule has 0 atom stereocenters. The van der Waals surface area contributed by atoms with Gasteiger partial charge >= 0.3 is 6.03 Å². The lowest BCUT2D eigenvalue weighted by Crippen LogP contribution is -2.31. The molecule has 0 aliphatic carbocycles. The zero-order valence-corrected chi connectivity index (χ0v) is 11.9. The maximum atomic E-state index is 12.7. The van der Waals surface area contributed by atoms with E-state index in [1.54, 1.807) is 30.3 Å². The summed E-state index contributed by atoms with van der Waals surface area (Å²) >= 11 is 5.86. The molecule has 0 heterocycles. The molecule has 2 amide bonds. The lowest BCUT2D eigenvalue weighted by atomic mass is 10.2. The summed E-state index contributed by atoms with van der Waals surface area (Å²) in [5.74, 6) is -0.292. The summed E-state index contributed by atoms with van der Waals surface area (Å²) in [6.45, 7) is 0.386. The summed E-state index contributed by atoms with van der Waals surface area (Å²) in [7, 11) is 0. The highest BCUT2D eigenvalue weighted by Gasteiger charge is 1.98. The van der Waals surface area contributed by atoms with Gasteiger partial charge in [0.15, 0.2) is 0 Å². The number of halogens is 2. The van der Waals surface area contributed by atoms with Gasteiger partial charge in [0.2, 0.25) is 0 Å². The van der Waals surface area contributed by atoms with Crippen molar-refractivity contribution in [2.45, 2.75) is 6.54 Å². The number of carbonyl (C=O) groups is 1. The van der Waals surface area contributed by atoms with E-state index in [0.717, 1.165) is 11.1 Å². The minimum absolute atomic E-state index is 0.292. The van der Waals surface area contributed by atoms with Crippen molar-refractivity contribution in [3.05, 3.63) is 76.7 Å². The summed E-state index contributed by atoms with van der Waals surface area (Å²) in [6.07, 6.45) is 3.18. The highest BCUT2D eigenvalue weighted by atomic mass is 35.5. The van der Waals surface area contributed by atoms with Crippen molar-refractivity contribution in [2.75, 3.05) is 0 Å². The molecule has 0 spiro atoms. The van der Waals surface area contributed by atoms with E-state index in [2.05, 4.69) is 10.6 Å². The summed E-state index contributed by atoms with van der Waals surface area (Å²) in [5, 5.41) is 5.91. The third-order valence-electron chi connectivity index (χ3n) is 2.70. The molecule has 0 saturated heterocycles. The number of rotatable bonds is 4. The van der Waals surface area contributed by atoms with E-state index in [0.29, 0.717) is 11.6 Å². The van der Waals surface area contributed by atoms with E-state index in [4.69, 9.17) is 11.6 Å². The zero-order chi connectivity index (χ0) is 15.1. The van der Waals surface area contributed by atoms with Crippen LogP contribution < -0.4 is 10.6 Å². The molecule has 2 aromatic rings. The van der Waals surface area contributed by atoms with Gasteiger partial charge in [-0.2, -0.15) is 0 Å². The Labute approximate surface area is 127 Å². The summed E-state index contributed by atoms with van der Waals surface area (Å²) in [5.41, 5.74) is 1.71. The third-order valence-corrected chi connectivity index (χ3v) is 2.94. The Morgan fingerprint density at radius 2 is 1.95 bits per heavy atom. The fourth-order valence-electron chi connectivity index (χ4n) is 1.67. The first kappa shape index (κ1) is 15.1. The van der Waals surface area contributed by atoms with Crippen LogP contribution in [0.5, 0.6) is 0 Å². The van der Waals surface area contributed by atoms with Gasteiger partial charge in [-0.3, -0.25) is 0 Å². The monoisotopic (exact) mass is 304 g/mol. The van der Waals surface area contributed by atoms with Gasteiger partial charge < -0.3 is 10.6 Å². The predicted molar refractivity (Wildman–Crippen MR) is 82.3 cm³/mol. The van der Waals surface area contributed by atoms with Crippen LogP contribution in [0.2, 0.25) is 5.02 Å². The number of urea groups is 1. The molecule has 0 unspecified atom stereocenters. The Bertz CT molecular complexity index is 641. The molecule has 5 heteroatoms. The molecule has 0 saturated carbocycles. The van der Waals surface area contributed by atoms with Crippen LogP contribution in [-0.2, 0) is 6.54 Å². The molecule has 0 radical (unpaired) electrons. The standard InChI is InChI=1S/C16H14ClFN2O/c17-14-3-1-2-13(10-14)11-20-16(21)19-9-8-12-4-6-15(18)7-5-12/h1-10H,11H2,(H2,19,20,21)/b9-8+. The number of benzene rings is 2. The minimum atomic E-state index is -0.326. The van der Waals surface area contributed by atoms with E-state index in [9.17, 15) is 9.18 Å². The molecular formula is C16H14ClFN2O. The van der Waals surface area contributed by atoms with Crippen LogP contribution in [0.25, 0.3) is 6.08 Å². The second-order valence-electron chi connectivity index (χ2n) is 4.34. The molecule has 3 nitrogen and oxygen atoms in total. The first-order valence-corrected chi connectivity index (χ1v) is 6.72. The normalized spacial score (nSPS) is 10.6.